The average molecular weight is 259 g/mol. The van der Waals surface area contributed by atoms with Gasteiger partial charge in [0, 0.05) is 25.2 Å². The molecule has 0 aliphatic carbocycles. The van der Waals surface area contributed by atoms with Crippen molar-refractivity contribution in [1.82, 2.24) is 9.97 Å². The molecule has 1 aromatic heterocycles. The number of anilines is 1. The summed E-state index contributed by atoms with van der Waals surface area (Å²) in [6.45, 7) is 0.955. The van der Waals surface area contributed by atoms with Crippen molar-refractivity contribution in [3.63, 3.8) is 0 Å². The topological polar surface area (TPSA) is 46.1 Å². The molecule has 0 N–H and O–H groups in total. The zero-order valence-electron chi connectivity index (χ0n) is 9.52. The molecular formula is C11H12F3N3O. The molecule has 7 heteroatoms. The van der Waals surface area contributed by atoms with Crippen LogP contribution in [0, 0.1) is 5.92 Å². The van der Waals surface area contributed by atoms with Gasteiger partial charge in [-0.1, -0.05) is 0 Å². The Labute approximate surface area is 102 Å². The first-order valence-corrected chi connectivity index (χ1v) is 5.61. The molecule has 1 saturated heterocycles. The second-order valence-electron chi connectivity index (χ2n) is 4.22. The van der Waals surface area contributed by atoms with Gasteiger partial charge in [0.2, 0.25) is 5.95 Å². The van der Waals surface area contributed by atoms with Gasteiger partial charge < -0.3 is 9.69 Å². The Morgan fingerprint density at radius 3 is 2.89 bits per heavy atom. The number of rotatable bonds is 2. The largest absolute Gasteiger partial charge is 0.433 e. The molecule has 0 aromatic carbocycles. The molecule has 1 unspecified atom stereocenters. The number of nitrogens with zero attached hydrogens (tertiary/aromatic N) is 3. The van der Waals surface area contributed by atoms with Crippen molar-refractivity contribution in [2.75, 3.05) is 18.0 Å². The van der Waals surface area contributed by atoms with E-state index in [0.29, 0.717) is 13.1 Å². The lowest BCUT2D eigenvalue weighted by Crippen LogP contribution is -2.37. The molecule has 2 heterocycles. The monoisotopic (exact) mass is 259 g/mol. The minimum absolute atomic E-state index is 0.0383. The molecule has 1 aliphatic rings. The summed E-state index contributed by atoms with van der Waals surface area (Å²) in [5.74, 6) is -0.117. The van der Waals surface area contributed by atoms with Crippen molar-refractivity contribution in [2.45, 2.75) is 19.0 Å². The van der Waals surface area contributed by atoms with E-state index in [1.807, 2.05) is 0 Å². The lowest BCUT2D eigenvalue weighted by atomic mass is 10.0. The van der Waals surface area contributed by atoms with Crippen molar-refractivity contribution in [3.8, 4) is 0 Å². The average Bonchev–Trinajstić information content (AvgIpc) is 2.38. The lowest BCUT2D eigenvalue weighted by molar-refractivity contribution is -0.141. The van der Waals surface area contributed by atoms with Gasteiger partial charge in [0.05, 0.1) is 0 Å². The number of hydrogen-bond donors (Lipinski definition) is 0. The van der Waals surface area contributed by atoms with Gasteiger partial charge in [0.15, 0.2) is 0 Å². The van der Waals surface area contributed by atoms with Gasteiger partial charge in [-0.2, -0.15) is 13.2 Å². The van der Waals surface area contributed by atoms with Crippen LogP contribution in [0.3, 0.4) is 0 Å². The van der Waals surface area contributed by atoms with Gasteiger partial charge in [-0.15, -0.1) is 0 Å². The number of aldehydes is 1. The van der Waals surface area contributed by atoms with Crippen LogP contribution in [0.2, 0.25) is 0 Å². The fourth-order valence-electron chi connectivity index (χ4n) is 1.96. The zero-order valence-corrected chi connectivity index (χ0v) is 9.52. The standard InChI is InChI=1S/C11H12F3N3O/c12-11(13,14)9-3-4-15-10(16-9)17-5-1-2-8(6-17)7-18/h3-4,7-8H,1-2,5-6H2. The third kappa shape index (κ3) is 2.77. The molecule has 0 amide bonds. The number of piperidine rings is 1. The Kier molecular flexibility index (Phi) is 3.49. The fourth-order valence-corrected chi connectivity index (χ4v) is 1.96. The smallest absolute Gasteiger partial charge is 0.340 e. The molecule has 4 nitrogen and oxygen atoms in total. The molecule has 0 saturated carbocycles. The van der Waals surface area contributed by atoms with Crippen molar-refractivity contribution in [2.24, 2.45) is 5.92 Å². The van der Waals surface area contributed by atoms with Gasteiger partial charge >= 0.3 is 6.18 Å². The first kappa shape index (κ1) is 12.8. The summed E-state index contributed by atoms with van der Waals surface area (Å²) in [6, 6.07) is 0.838. The minimum atomic E-state index is -4.47. The predicted octanol–water partition coefficient (Wildman–Crippen LogP) is 1.91. The van der Waals surface area contributed by atoms with Crippen molar-refractivity contribution in [1.29, 1.82) is 0 Å². The summed E-state index contributed by atoms with van der Waals surface area (Å²) in [5, 5.41) is 0. The fraction of sp³-hybridized carbons (Fsp3) is 0.545. The number of aromatic nitrogens is 2. The Balaban J connectivity index is 2.20. The van der Waals surface area contributed by atoms with Crippen molar-refractivity contribution in [3.05, 3.63) is 18.0 Å². The molecule has 0 radical (unpaired) electrons. The summed E-state index contributed by atoms with van der Waals surface area (Å²) in [4.78, 5) is 19.7. The van der Waals surface area contributed by atoms with Crippen LogP contribution in [0.5, 0.6) is 0 Å². The highest BCUT2D eigenvalue weighted by Gasteiger charge is 2.33. The van der Waals surface area contributed by atoms with Crippen LogP contribution in [-0.4, -0.2) is 29.3 Å². The second-order valence-corrected chi connectivity index (χ2v) is 4.22. The molecule has 1 atom stereocenters. The van der Waals surface area contributed by atoms with Crippen LogP contribution >= 0.6 is 0 Å². The highest BCUT2D eigenvalue weighted by atomic mass is 19.4. The Hall–Kier alpha value is -1.66. The molecule has 1 fully saturated rings. The molecule has 1 aliphatic heterocycles. The summed E-state index contributed by atoms with van der Waals surface area (Å²) in [7, 11) is 0. The molecule has 1 aromatic rings. The second kappa shape index (κ2) is 4.91. The van der Waals surface area contributed by atoms with E-state index in [9.17, 15) is 18.0 Å². The van der Waals surface area contributed by atoms with E-state index in [1.54, 1.807) is 4.90 Å². The lowest BCUT2D eigenvalue weighted by Gasteiger charge is -2.30. The van der Waals surface area contributed by atoms with Crippen LogP contribution in [0.15, 0.2) is 12.3 Å². The number of alkyl halides is 3. The SMILES string of the molecule is O=CC1CCCN(c2nccc(C(F)(F)F)n2)C1. The van der Waals surface area contributed by atoms with Crippen molar-refractivity contribution < 1.29 is 18.0 Å². The summed E-state index contributed by atoms with van der Waals surface area (Å²) in [6.07, 6.45) is -1.03. The minimum Gasteiger partial charge on any atom is -0.340 e. The quantitative estimate of drug-likeness (QED) is 0.761. The van der Waals surface area contributed by atoms with E-state index in [-0.39, 0.29) is 11.9 Å². The molecule has 2 rings (SSSR count). The summed E-state index contributed by atoms with van der Waals surface area (Å²) < 4.78 is 37.5. The van der Waals surface area contributed by atoms with E-state index in [2.05, 4.69) is 9.97 Å². The number of hydrogen-bond acceptors (Lipinski definition) is 4. The molecule has 18 heavy (non-hydrogen) atoms. The summed E-state index contributed by atoms with van der Waals surface area (Å²) >= 11 is 0. The van der Waals surface area contributed by atoms with Gasteiger partial charge in [-0.3, -0.25) is 0 Å². The molecule has 0 bridgehead atoms. The third-order valence-electron chi connectivity index (χ3n) is 2.87. The Morgan fingerprint density at radius 2 is 2.22 bits per heavy atom. The number of halogens is 3. The summed E-state index contributed by atoms with van der Waals surface area (Å²) in [5.41, 5.74) is -0.958. The van der Waals surface area contributed by atoms with Crippen LogP contribution in [0.25, 0.3) is 0 Å². The van der Waals surface area contributed by atoms with E-state index < -0.39 is 11.9 Å². The maximum Gasteiger partial charge on any atom is 0.433 e. The van der Waals surface area contributed by atoms with Gasteiger partial charge in [-0.05, 0) is 18.9 Å². The van der Waals surface area contributed by atoms with E-state index in [0.717, 1.165) is 31.4 Å². The van der Waals surface area contributed by atoms with Crippen molar-refractivity contribution >= 4 is 12.2 Å². The first-order chi connectivity index (χ1) is 8.50. The normalized spacial score (nSPS) is 20.8. The predicted molar refractivity (Wildman–Crippen MR) is 58.0 cm³/mol. The number of carbonyl (C=O) groups excluding carboxylic acids is 1. The number of carbonyl (C=O) groups is 1. The molecular weight excluding hydrogens is 247 g/mol. The van der Waals surface area contributed by atoms with Gasteiger partial charge in [0.25, 0.3) is 0 Å². The highest BCUT2D eigenvalue weighted by molar-refractivity contribution is 5.55. The maximum atomic E-state index is 12.5. The first-order valence-electron chi connectivity index (χ1n) is 5.61. The van der Waals surface area contributed by atoms with Crippen LogP contribution in [-0.2, 0) is 11.0 Å². The molecule has 0 spiro atoms. The zero-order chi connectivity index (χ0) is 13.2. The highest BCUT2D eigenvalue weighted by Crippen LogP contribution is 2.28. The van der Waals surface area contributed by atoms with Gasteiger partial charge in [-0.25, -0.2) is 9.97 Å². The van der Waals surface area contributed by atoms with E-state index in [1.165, 1.54) is 0 Å². The third-order valence-corrected chi connectivity index (χ3v) is 2.87. The van der Waals surface area contributed by atoms with Gasteiger partial charge in [0.1, 0.15) is 12.0 Å². The van der Waals surface area contributed by atoms with Crippen LogP contribution < -0.4 is 4.90 Å². The Bertz CT molecular complexity index is 436. The van der Waals surface area contributed by atoms with E-state index in [4.69, 9.17) is 0 Å². The van der Waals surface area contributed by atoms with Crippen LogP contribution in [0.4, 0.5) is 19.1 Å². The van der Waals surface area contributed by atoms with Crippen LogP contribution in [0.1, 0.15) is 18.5 Å². The maximum absolute atomic E-state index is 12.5. The Morgan fingerprint density at radius 1 is 1.44 bits per heavy atom. The molecule has 98 valence electrons. The van der Waals surface area contributed by atoms with E-state index >= 15 is 0 Å².